The summed E-state index contributed by atoms with van der Waals surface area (Å²) >= 11 is 0. The minimum atomic E-state index is -0.364. The Morgan fingerprint density at radius 1 is 0.972 bits per heavy atom. The van der Waals surface area contributed by atoms with Gasteiger partial charge in [0.25, 0.3) is 5.91 Å². The van der Waals surface area contributed by atoms with Crippen molar-refractivity contribution in [2.45, 2.75) is 13.8 Å². The van der Waals surface area contributed by atoms with E-state index >= 15 is 0 Å². The Bertz CT molecular complexity index is 1610. The molecule has 36 heavy (non-hydrogen) atoms. The quantitative estimate of drug-likeness (QED) is 0.348. The van der Waals surface area contributed by atoms with Gasteiger partial charge in [-0.2, -0.15) is 9.78 Å². The van der Waals surface area contributed by atoms with Crippen molar-refractivity contribution in [1.82, 2.24) is 14.6 Å². The predicted molar refractivity (Wildman–Crippen MR) is 147 cm³/mol. The van der Waals surface area contributed by atoms with Gasteiger partial charge in [-0.25, -0.2) is 9.97 Å². The van der Waals surface area contributed by atoms with Gasteiger partial charge in [0.15, 0.2) is 5.65 Å². The number of para-hydroxylation sites is 2. The molecule has 0 atom stereocenters. The highest BCUT2D eigenvalue weighted by molar-refractivity contribution is 6.16. The van der Waals surface area contributed by atoms with E-state index < -0.39 is 0 Å². The van der Waals surface area contributed by atoms with Crippen LogP contribution in [-0.2, 0) is 0 Å². The van der Waals surface area contributed by atoms with Crippen LogP contribution >= 0.6 is 0 Å². The number of nitrogens with two attached hydrogens (primary N) is 1. The Morgan fingerprint density at radius 3 is 2.25 bits per heavy atom. The van der Waals surface area contributed by atoms with Gasteiger partial charge in [0.05, 0.1) is 17.2 Å². The number of nitrogen functional groups attached to an aromatic ring is 1. The third-order valence-corrected chi connectivity index (χ3v) is 5.91. The lowest BCUT2D eigenvalue weighted by Crippen LogP contribution is -2.14. The summed E-state index contributed by atoms with van der Waals surface area (Å²) in [5, 5.41) is 7.56. The topological polar surface area (TPSA) is 101 Å². The van der Waals surface area contributed by atoms with Crippen LogP contribution in [0.3, 0.4) is 0 Å². The molecule has 0 radical (unpaired) electrons. The molecule has 8 nitrogen and oxygen atoms in total. The Labute approximate surface area is 209 Å². The van der Waals surface area contributed by atoms with Crippen LogP contribution in [0.5, 0.6) is 0 Å². The van der Waals surface area contributed by atoms with Crippen molar-refractivity contribution in [2.75, 3.05) is 30.0 Å². The van der Waals surface area contributed by atoms with Crippen LogP contribution in [-0.4, -0.2) is 40.9 Å². The first-order valence-corrected chi connectivity index (χ1v) is 11.6. The summed E-state index contributed by atoms with van der Waals surface area (Å²) in [6.45, 7) is 3.97. The van der Waals surface area contributed by atoms with Gasteiger partial charge in [0.2, 0.25) is 0 Å². The Balaban J connectivity index is 1.62. The SMILES string of the molecule is Cc1cc(C)cc(NC(=O)c2c(N)n(/N=C/c3ccc(N(C)C)cc3)c3nc4ccccc4nc23)c1. The normalized spacial score (nSPS) is 11.4. The second-order valence-corrected chi connectivity index (χ2v) is 9.02. The van der Waals surface area contributed by atoms with E-state index in [-0.39, 0.29) is 17.3 Å². The van der Waals surface area contributed by atoms with Crippen molar-refractivity contribution in [2.24, 2.45) is 5.10 Å². The van der Waals surface area contributed by atoms with E-state index in [2.05, 4.69) is 10.4 Å². The first kappa shape index (κ1) is 23.0. The molecule has 0 saturated carbocycles. The van der Waals surface area contributed by atoms with Crippen LogP contribution in [0.25, 0.3) is 22.2 Å². The monoisotopic (exact) mass is 477 g/mol. The summed E-state index contributed by atoms with van der Waals surface area (Å²) in [5.41, 5.74) is 13.7. The molecule has 5 aromatic rings. The average Bonchev–Trinajstić information content (AvgIpc) is 3.10. The Hall–Kier alpha value is -4.72. The zero-order valence-corrected chi connectivity index (χ0v) is 20.6. The highest BCUT2D eigenvalue weighted by atomic mass is 16.1. The van der Waals surface area contributed by atoms with Crippen molar-refractivity contribution in [3.63, 3.8) is 0 Å². The number of hydrogen-bond donors (Lipinski definition) is 2. The zero-order chi connectivity index (χ0) is 25.4. The number of nitrogens with zero attached hydrogens (tertiary/aromatic N) is 5. The number of aryl methyl sites for hydroxylation is 2. The smallest absolute Gasteiger partial charge is 0.261 e. The molecule has 5 rings (SSSR count). The second-order valence-electron chi connectivity index (χ2n) is 9.02. The second kappa shape index (κ2) is 9.14. The highest BCUT2D eigenvalue weighted by Gasteiger charge is 2.24. The molecular formula is C28H27N7O. The standard InChI is InChI=1S/C28H27N7O/c1-17-13-18(2)15-20(14-17)31-28(36)24-25-27(33-23-8-6-5-7-22(23)32-25)35(26(24)29)30-16-19-9-11-21(12-10-19)34(3)4/h5-16H,29H2,1-4H3,(H,31,36)/b30-16+. The van der Waals surface area contributed by atoms with Gasteiger partial charge >= 0.3 is 0 Å². The largest absolute Gasteiger partial charge is 0.383 e. The Morgan fingerprint density at radius 2 is 1.61 bits per heavy atom. The first-order chi connectivity index (χ1) is 17.3. The molecule has 1 amide bonds. The molecule has 0 aliphatic carbocycles. The lowest BCUT2D eigenvalue weighted by atomic mass is 10.1. The molecule has 3 aromatic carbocycles. The van der Waals surface area contributed by atoms with E-state index in [9.17, 15) is 4.79 Å². The van der Waals surface area contributed by atoms with Crippen LogP contribution < -0.4 is 16.0 Å². The number of carbonyl (C=O) groups excluding carboxylic acids is 1. The fraction of sp³-hybridized carbons (Fsp3) is 0.143. The number of nitrogens with one attached hydrogen (secondary N) is 1. The molecular weight excluding hydrogens is 450 g/mol. The van der Waals surface area contributed by atoms with Gasteiger partial charge in [-0.15, -0.1) is 0 Å². The van der Waals surface area contributed by atoms with Gasteiger partial charge < -0.3 is 16.0 Å². The van der Waals surface area contributed by atoms with Crippen LogP contribution in [0.15, 0.2) is 71.8 Å². The lowest BCUT2D eigenvalue weighted by molar-refractivity contribution is 0.102. The third kappa shape index (κ3) is 4.36. The molecule has 2 heterocycles. The minimum Gasteiger partial charge on any atom is -0.383 e. The van der Waals surface area contributed by atoms with Crippen LogP contribution in [0.4, 0.5) is 17.2 Å². The van der Waals surface area contributed by atoms with E-state index in [4.69, 9.17) is 15.7 Å². The third-order valence-electron chi connectivity index (χ3n) is 5.91. The number of aromatic nitrogens is 3. The fourth-order valence-electron chi connectivity index (χ4n) is 4.21. The van der Waals surface area contributed by atoms with E-state index in [0.717, 1.165) is 22.4 Å². The maximum absolute atomic E-state index is 13.5. The molecule has 0 saturated heterocycles. The summed E-state index contributed by atoms with van der Waals surface area (Å²) in [7, 11) is 3.98. The summed E-state index contributed by atoms with van der Waals surface area (Å²) in [5.74, 6) is -0.195. The minimum absolute atomic E-state index is 0.170. The van der Waals surface area contributed by atoms with Gasteiger partial charge in [0, 0.05) is 25.5 Å². The number of carbonyl (C=O) groups is 1. The summed E-state index contributed by atoms with van der Waals surface area (Å²) < 4.78 is 1.48. The first-order valence-electron chi connectivity index (χ1n) is 11.6. The van der Waals surface area contributed by atoms with Gasteiger partial charge in [-0.05, 0) is 66.9 Å². The van der Waals surface area contributed by atoms with Crippen LogP contribution in [0, 0.1) is 13.8 Å². The summed E-state index contributed by atoms with van der Waals surface area (Å²) in [6.07, 6.45) is 1.69. The van der Waals surface area contributed by atoms with E-state index in [1.54, 1.807) is 6.21 Å². The molecule has 0 aliphatic rings. The van der Waals surface area contributed by atoms with E-state index in [0.29, 0.717) is 27.9 Å². The van der Waals surface area contributed by atoms with E-state index in [1.807, 2.05) is 99.6 Å². The predicted octanol–water partition coefficient (Wildman–Crippen LogP) is 4.98. The Kier molecular flexibility index (Phi) is 5.85. The van der Waals surface area contributed by atoms with Crippen molar-refractivity contribution >= 4 is 51.5 Å². The van der Waals surface area contributed by atoms with Crippen molar-refractivity contribution < 1.29 is 4.79 Å². The van der Waals surface area contributed by atoms with Crippen molar-refractivity contribution in [3.8, 4) is 0 Å². The molecule has 0 aliphatic heterocycles. The molecule has 0 fully saturated rings. The number of rotatable bonds is 5. The van der Waals surface area contributed by atoms with Crippen LogP contribution in [0.2, 0.25) is 0 Å². The zero-order valence-electron chi connectivity index (χ0n) is 20.6. The fourth-order valence-corrected chi connectivity index (χ4v) is 4.21. The number of fused-ring (bicyclic) bond motifs is 2. The molecule has 0 spiro atoms. The molecule has 8 heteroatoms. The number of benzene rings is 3. The average molecular weight is 478 g/mol. The maximum Gasteiger partial charge on any atom is 0.261 e. The van der Waals surface area contributed by atoms with Gasteiger partial charge in [0.1, 0.15) is 16.9 Å². The molecule has 3 N–H and O–H groups in total. The summed E-state index contributed by atoms with van der Waals surface area (Å²) in [6, 6.07) is 21.3. The molecule has 2 aromatic heterocycles. The maximum atomic E-state index is 13.5. The van der Waals surface area contributed by atoms with E-state index in [1.165, 1.54) is 4.68 Å². The number of amides is 1. The number of anilines is 3. The van der Waals surface area contributed by atoms with Gasteiger partial charge in [-0.3, -0.25) is 4.79 Å². The molecule has 180 valence electrons. The van der Waals surface area contributed by atoms with Crippen LogP contribution in [0.1, 0.15) is 27.0 Å². The van der Waals surface area contributed by atoms with Crippen molar-refractivity contribution in [3.05, 3.63) is 89.0 Å². The van der Waals surface area contributed by atoms with Crippen molar-refractivity contribution in [1.29, 1.82) is 0 Å². The highest BCUT2D eigenvalue weighted by Crippen LogP contribution is 2.29. The number of hydrogen-bond acceptors (Lipinski definition) is 6. The molecule has 0 unspecified atom stereocenters. The summed E-state index contributed by atoms with van der Waals surface area (Å²) in [4.78, 5) is 25.0. The van der Waals surface area contributed by atoms with Gasteiger partial charge in [-0.1, -0.05) is 30.3 Å². The lowest BCUT2D eigenvalue weighted by Gasteiger charge is -2.11. The molecule has 0 bridgehead atoms.